The molecular weight excluding hydrogens is 270 g/mol. The summed E-state index contributed by atoms with van der Waals surface area (Å²) in [6, 6.07) is 6.64. The highest BCUT2D eigenvalue weighted by molar-refractivity contribution is 5.87. The van der Waals surface area contributed by atoms with Gasteiger partial charge in [-0.2, -0.15) is 0 Å². The average Bonchev–Trinajstić information content (AvgIpc) is 2.51. The highest BCUT2D eigenvalue weighted by atomic mass is 16.5. The smallest absolute Gasteiger partial charge is 0.258 e. The lowest BCUT2D eigenvalue weighted by molar-refractivity contribution is -0.135. The molecule has 21 heavy (non-hydrogen) atoms. The van der Waals surface area contributed by atoms with Crippen LogP contribution in [0, 0.1) is 0 Å². The molecule has 0 bridgehead atoms. The average molecular weight is 293 g/mol. The van der Waals surface area contributed by atoms with Gasteiger partial charge in [-0.3, -0.25) is 9.59 Å². The fourth-order valence-electron chi connectivity index (χ4n) is 1.70. The van der Waals surface area contributed by atoms with Crippen molar-refractivity contribution in [2.45, 2.75) is 26.4 Å². The monoisotopic (exact) mass is 293 g/mol. The van der Waals surface area contributed by atoms with Crippen molar-refractivity contribution in [3.8, 4) is 5.75 Å². The van der Waals surface area contributed by atoms with Gasteiger partial charge < -0.3 is 20.7 Å². The lowest BCUT2D eigenvalue weighted by Crippen LogP contribution is -2.46. The van der Waals surface area contributed by atoms with Crippen LogP contribution >= 0.6 is 0 Å². The molecule has 0 saturated carbocycles. The van der Waals surface area contributed by atoms with Crippen LogP contribution in [0.5, 0.6) is 5.75 Å². The van der Waals surface area contributed by atoms with E-state index in [1.165, 1.54) is 0 Å². The van der Waals surface area contributed by atoms with Crippen molar-refractivity contribution < 1.29 is 14.3 Å². The molecule has 6 heteroatoms. The first-order valence-electron chi connectivity index (χ1n) is 6.94. The van der Waals surface area contributed by atoms with E-state index in [-0.39, 0.29) is 18.4 Å². The van der Waals surface area contributed by atoms with Gasteiger partial charge in [0.15, 0.2) is 6.61 Å². The summed E-state index contributed by atoms with van der Waals surface area (Å²) in [7, 11) is 1.69. The Bertz CT molecular complexity index is 474. The summed E-state index contributed by atoms with van der Waals surface area (Å²) in [5.41, 5.74) is 6.49. The standard InChI is InChI=1S/C15H23N3O3/c1-4-18(3)15(20)11(2)17-14(19)10-21-13-7-5-12(9-16)6-8-13/h5-8,11H,4,9-10,16H2,1-3H3,(H,17,19). The Morgan fingerprint density at radius 1 is 1.33 bits per heavy atom. The summed E-state index contributed by atoms with van der Waals surface area (Å²) in [4.78, 5) is 25.1. The van der Waals surface area contributed by atoms with Gasteiger partial charge in [0.2, 0.25) is 5.91 Å². The molecule has 1 aromatic rings. The van der Waals surface area contributed by atoms with E-state index in [1.54, 1.807) is 31.0 Å². The zero-order valence-electron chi connectivity index (χ0n) is 12.8. The maximum Gasteiger partial charge on any atom is 0.258 e. The molecule has 0 aliphatic heterocycles. The molecule has 0 fully saturated rings. The van der Waals surface area contributed by atoms with Crippen LogP contribution < -0.4 is 15.8 Å². The summed E-state index contributed by atoms with van der Waals surface area (Å²) in [6.45, 7) is 4.47. The van der Waals surface area contributed by atoms with E-state index >= 15 is 0 Å². The molecule has 0 aromatic heterocycles. The number of hydrogen-bond donors (Lipinski definition) is 2. The molecular formula is C15H23N3O3. The summed E-state index contributed by atoms with van der Waals surface area (Å²) >= 11 is 0. The van der Waals surface area contributed by atoms with Gasteiger partial charge in [-0.05, 0) is 31.5 Å². The molecule has 6 nitrogen and oxygen atoms in total. The predicted octanol–water partition coefficient (Wildman–Crippen LogP) is 0.507. The van der Waals surface area contributed by atoms with Gasteiger partial charge in [-0.25, -0.2) is 0 Å². The quantitative estimate of drug-likeness (QED) is 0.767. The fourth-order valence-corrected chi connectivity index (χ4v) is 1.70. The second kappa shape index (κ2) is 8.26. The van der Waals surface area contributed by atoms with Gasteiger partial charge in [0.1, 0.15) is 11.8 Å². The highest BCUT2D eigenvalue weighted by Crippen LogP contribution is 2.11. The van der Waals surface area contributed by atoms with Crippen molar-refractivity contribution in [2.24, 2.45) is 5.73 Å². The van der Waals surface area contributed by atoms with Crippen LogP contribution in [0.4, 0.5) is 0 Å². The number of carbonyl (C=O) groups is 2. The molecule has 1 unspecified atom stereocenters. The topological polar surface area (TPSA) is 84.7 Å². The molecule has 0 aliphatic carbocycles. The van der Waals surface area contributed by atoms with Gasteiger partial charge in [0.25, 0.3) is 5.91 Å². The number of carbonyl (C=O) groups excluding carboxylic acids is 2. The van der Waals surface area contributed by atoms with Crippen molar-refractivity contribution >= 4 is 11.8 Å². The second-order valence-electron chi connectivity index (χ2n) is 4.78. The second-order valence-corrected chi connectivity index (χ2v) is 4.78. The molecule has 0 radical (unpaired) electrons. The minimum absolute atomic E-state index is 0.127. The van der Waals surface area contributed by atoms with Crippen LogP contribution in [0.25, 0.3) is 0 Å². The number of hydrogen-bond acceptors (Lipinski definition) is 4. The summed E-state index contributed by atoms with van der Waals surface area (Å²) in [6.07, 6.45) is 0. The molecule has 0 spiro atoms. The van der Waals surface area contributed by atoms with E-state index < -0.39 is 6.04 Å². The van der Waals surface area contributed by atoms with Crippen LogP contribution in [0.2, 0.25) is 0 Å². The predicted molar refractivity (Wildman–Crippen MR) is 80.7 cm³/mol. The number of amides is 2. The maximum absolute atomic E-state index is 11.8. The number of nitrogens with zero attached hydrogens (tertiary/aromatic N) is 1. The third-order valence-electron chi connectivity index (χ3n) is 3.13. The lowest BCUT2D eigenvalue weighted by Gasteiger charge is -2.20. The first-order chi connectivity index (χ1) is 9.97. The molecule has 0 heterocycles. The van der Waals surface area contributed by atoms with Crippen molar-refractivity contribution in [1.29, 1.82) is 0 Å². The zero-order valence-corrected chi connectivity index (χ0v) is 12.8. The Morgan fingerprint density at radius 3 is 2.48 bits per heavy atom. The van der Waals surface area contributed by atoms with E-state index in [4.69, 9.17) is 10.5 Å². The third-order valence-corrected chi connectivity index (χ3v) is 3.13. The number of benzene rings is 1. The van der Waals surface area contributed by atoms with E-state index in [0.29, 0.717) is 18.8 Å². The molecule has 1 rings (SSSR count). The van der Waals surface area contributed by atoms with Gasteiger partial charge in [-0.1, -0.05) is 12.1 Å². The minimum atomic E-state index is -0.564. The van der Waals surface area contributed by atoms with E-state index in [0.717, 1.165) is 5.56 Å². The molecule has 3 N–H and O–H groups in total. The molecule has 116 valence electrons. The Labute approximate surface area is 125 Å². The molecule has 0 aliphatic rings. The van der Waals surface area contributed by atoms with Gasteiger partial charge in [-0.15, -0.1) is 0 Å². The number of nitrogens with one attached hydrogen (secondary N) is 1. The van der Waals surface area contributed by atoms with Gasteiger partial charge in [0.05, 0.1) is 0 Å². The van der Waals surface area contributed by atoms with Gasteiger partial charge in [0, 0.05) is 20.1 Å². The van der Waals surface area contributed by atoms with Crippen LogP contribution in [-0.2, 0) is 16.1 Å². The zero-order chi connectivity index (χ0) is 15.8. The van der Waals surface area contributed by atoms with Crippen LogP contribution in [0.15, 0.2) is 24.3 Å². The summed E-state index contributed by atoms with van der Waals surface area (Å²) in [5, 5.41) is 2.61. The van der Waals surface area contributed by atoms with Crippen molar-refractivity contribution in [3.05, 3.63) is 29.8 Å². The van der Waals surface area contributed by atoms with Crippen molar-refractivity contribution in [2.75, 3.05) is 20.2 Å². The van der Waals surface area contributed by atoms with E-state index in [9.17, 15) is 9.59 Å². The largest absolute Gasteiger partial charge is 0.484 e. The number of nitrogens with two attached hydrogens (primary N) is 1. The normalized spacial score (nSPS) is 11.6. The van der Waals surface area contributed by atoms with Crippen LogP contribution in [0.3, 0.4) is 0 Å². The van der Waals surface area contributed by atoms with Crippen LogP contribution in [-0.4, -0.2) is 43.0 Å². The molecule has 1 atom stereocenters. The van der Waals surface area contributed by atoms with E-state index in [2.05, 4.69) is 5.32 Å². The number of ether oxygens (including phenoxy) is 1. The van der Waals surface area contributed by atoms with Crippen LogP contribution in [0.1, 0.15) is 19.4 Å². The Morgan fingerprint density at radius 2 is 1.95 bits per heavy atom. The lowest BCUT2D eigenvalue weighted by atomic mass is 10.2. The minimum Gasteiger partial charge on any atom is -0.484 e. The van der Waals surface area contributed by atoms with Crippen molar-refractivity contribution in [3.63, 3.8) is 0 Å². The Balaban J connectivity index is 2.41. The first-order valence-corrected chi connectivity index (χ1v) is 6.94. The molecule has 2 amide bonds. The molecule has 1 aromatic carbocycles. The Hall–Kier alpha value is -2.08. The number of rotatable bonds is 7. The number of likely N-dealkylation sites (N-methyl/N-ethyl adjacent to an activating group) is 1. The van der Waals surface area contributed by atoms with Gasteiger partial charge >= 0.3 is 0 Å². The van der Waals surface area contributed by atoms with E-state index in [1.807, 2.05) is 19.1 Å². The third kappa shape index (κ3) is 5.43. The summed E-state index contributed by atoms with van der Waals surface area (Å²) in [5.74, 6) is 0.133. The maximum atomic E-state index is 11.8. The molecule has 0 saturated heterocycles. The fraction of sp³-hybridized carbons (Fsp3) is 0.467. The Kier molecular flexibility index (Phi) is 6.68. The SMILES string of the molecule is CCN(C)C(=O)C(C)NC(=O)COc1ccc(CN)cc1. The van der Waals surface area contributed by atoms with Crippen molar-refractivity contribution in [1.82, 2.24) is 10.2 Å². The summed E-state index contributed by atoms with van der Waals surface area (Å²) < 4.78 is 5.36. The highest BCUT2D eigenvalue weighted by Gasteiger charge is 2.18. The first kappa shape index (κ1) is 17.0.